The summed E-state index contributed by atoms with van der Waals surface area (Å²) in [7, 11) is 0. The van der Waals surface area contributed by atoms with Crippen molar-refractivity contribution in [1.82, 2.24) is 14.9 Å². The molecule has 2 amide bonds. The second kappa shape index (κ2) is 11.1. The van der Waals surface area contributed by atoms with Crippen molar-refractivity contribution in [2.45, 2.75) is 25.8 Å². The minimum atomic E-state index is -0.323. The standard InChI is InChI=1S/C30H27FN4O2S/c1-20-16-25(21(2)35(20)27-14-12-26(31)13-15-27)17-32-33-29(37)23-8-10-24(11-9-23)30-34(28(36)19-38-30)18-22-6-4-3-5-7-22/h3-17,30H,18-19H2,1-2H3,(H,33,37)/b32-17-/t30-/m0/s1. The maximum Gasteiger partial charge on any atom is 0.271 e. The van der Waals surface area contributed by atoms with Crippen LogP contribution >= 0.6 is 11.8 Å². The fourth-order valence-electron chi connectivity index (χ4n) is 4.61. The zero-order chi connectivity index (χ0) is 26.6. The molecule has 3 aromatic carbocycles. The molecular formula is C30H27FN4O2S. The van der Waals surface area contributed by atoms with Gasteiger partial charge in [0.25, 0.3) is 5.91 Å². The van der Waals surface area contributed by atoms with E-state index in [2.05, 4.69) is 10.5 Å². The van der Waals surface area contributed by atoms with Crippen molar-refractivity contribution in [1.29, 1.82) is 0 Å². The number of aromatic nitrogens is 1. The van der Waals surface area contributed by atoms with Crippen LogP contribution < -0.4 is 5.43 Å². The number of rotatable bonds is 7. The summed E-state index contributed by atoms with van der Waals surface area (Å²) < 4.78 is 15.3. The lowest BCUT2D eigenvalue weighted by atomic mass is 10.1. The summed E-state index contributed by atoms with van der Waals surface area (Å²) in [5.41, 5.74) is 8.74. The van der Waals surface area contributed by atoms with Gasteiger partial charge in [-0.15, -0.1) is 11.8 Å². The van der Waals surface area contributed by atoms with Crippen LogP contribution in [0.2, 0.25) is 0 Å². The molecule has 1 aromatic heterocycles. The average Bonchev–Trinajstić information content (AvgIpc) is 3.43. The first kappa shape index (κ1) is 25.5. The molecule has 0 saturated carbocycles. The molecule has 0 unspecified atom stereocenters. The highest BCUT2D eigenvalue weighted by molar-refractivity contribution is 8.00. The topological polar surface area (TPSA) is 66.7 Å². The molecule has 0 spiro atoms. The Kier molecular flexibility index (Phi) is 7.42. The number of hydrogen-bond acceptors (Lipinski definition) is 4. The first-order valence-corrected chi connectivity index (χ1v) is 13.3. The molecule has 1 N–H and O–H groups in total. The first-order chi connectivity index (χ1) is 18.4. The highest BCUT2D eigenvalue weighted by atomic mass is 32.2. The van der Waals surface area contributed by atoms with Crippen LogP contribution in [0.3, 0.4) is 0 Å². The highest BCUT2D eigenvalue weighted by Gasteiger charge is 2.32. The predicted octanol–water partition coefficient (Wildman–Crippen LogP) is 5.77. The fourth-order valence-corrected chi connectivity index (χ4v) is 5.80. The number of nitrogens with zero attached hydrogens (tertiary/aromatic N) is 3. The lowest BCUT2D eigenvalue weighted by Gasteiger charge is -2.24. The smallest absolute Gasteiger partial charge is 0.271 e. The van der Waals surface area contributed by atoms with Gasteiger partial charge in [0.05, 0.1) is 12.0 Å². The Bertz CT molecular complexity index is 1480. The molecule has 6 nitrogen and oxygen atoms in total. The normalized spacial score (nSPS) is 15.4. The number of nitrogens with one attached hydrogen (secondary N) is 1. The molecule has 192 valence electrons. The Morgan fingerprint density at radius 1 is 1.05 bits per heavy atom. The molecule has 0 bridgehead atoms. The van der Waals surface area contributed by atoms with Crippen molar-refractivity contribution < 1.29 is 14.0 Å². The molecule has 1 aliphatic heterocycles. The lowest BCUT2D eigenvalue weighted by Crippen LogP contribution is -2.27. The monoisotopic (exact) mass is 526 g/mol. The van der Waals surface area contributed by atoms with Gasteiger partial charge >= 0.3 is 0 Å². The summed E-state index contributed by atoms with van der Waals surface area (Å²) in [4.78, 5) is 27.1. The molecule has 0 aliphatic carbocycles. The average molecular weight is 527 g/mol. The van der Waals surface area contributed by atoms with Crippen LogP contribution in [0.5, 0.6) is 0 Å². The highest BCUT2D eigenvalue weighted by Crippen LogP contribution is 2.39. The number of carbonyl (C=O) groups excluding carboxylic acids is 2. The molecule has 0 radical (unpaired) electrons. The van der Waals surface area contributed by atoms with Crippen molar-refractivity contribution in [2.24, 2.45) is 5.10 Å². The number of thioether (sulfide) groups is 1. The molecule has 1 fully saturated rings. The molecule has 38 heavy (non-hydrogen) atoms. The summed E-state index contributed by atoms with van der Waals surface area (Å²) in [5, 5.41) is 4.07. The second-order valence-electron chi connectivity index (χ2n) is 9.13. The van der Waals surface area contributed by atoms with E-state index >= 15 is 0 Å². The van der Waals surface area contributed by atoms with Gasteiger partial charge in [0, 0.05) is 34.7 Å². The van der Waals surface area contributed by atoms with E-state index in [4.69, 9.17) is 0 Å². The van der Waals surface area contributed by atoms with Crippen molar-refractivity contribution in [3.63, 3.8) is 0 Å². The third-order valence-corrected chi connectivity index (χ3v) is 7.80. The number of aryl methyl sites for hydroxylation is 1. The Morgan fingerprint density at radius 2 is 1.76 bits per heavy atom. The quantitative estimate of drug-likeness (QED) is 0.246. The number of hydrazone groups is 1. The minimum Gasteiger partial charge on any atom is -0.322 e. The van der Waals surface area contributed by atoms with Gasteiger partial charge < -0.3 is 9.47 Å². The van der Waals surface area contributed by atoms with Crippen molar-refractivity contribution >= 4 is 29.8 Å². The molecule has 4 aromatic rings. The maximum absolute atomic E-state index is 13.3. The number of halogens is 1. The van der Waals surface area contributed by atoms with Crippen LogP contribution in [0.15, 0.2) is 90.0 Å². The molecular weight excluding hydrogens is 499 g/mol. The largest absolute Gasteiger partial charge is 0.322 e. The van der Waals surface area contributed by atoms with Crippen molar-refractivity contribution in [2.75, 3.05) is 5.75 Å². The fraction of sp³-hybridized carbons (Fsp3) is 0.167. The number of hydrogen-bond donors (Lipinski definition) is 1. The van der Waals surface area contributed by atoms with Gasteiger partial charge in [-0.3, -0.25) is 9.59 Å². The Labute approximate surface area is 225 Å². The van der Waals surface area contributed by atoms with Crippen LogP contribution in [0.25, 0.3) is 5.69 Å². The van der Waals surface area contributed by atoms with Crippen LogP contribution in [0.1, 0.15) is 43.8 Å². The van der Waals surface area contributed by atoms with Gasteiger partial charge in [0.1, 0.15) is 11.2 Å². The summed E-state index contributed by atoms with van der Waals surface area (Å²) >= 11 is 1.59. The van der Waals surface area contributed by atoms with Crippen molar-refractivity contribution in [3.8, 4) is 5.69 Å². The van der Waals surface area contributed by atoms with E-state index in [1.54, 1.807) is 42.2 Å². The Morgan fingerprint density at radius 3 is 2.47 bits per heavy atom. The Hall–Kier alpha value is -4.17. The van der Waals surface area contributed by atoms with E-state index in [9.17, 15) is 14.0 Å². The van der Waals surface area contributed by atoms with Crippen LogP contribution in [0, 0.1) is 19.7 Å². The molecule has 8 heteroatoms. The number of amides is 2. The van der Waals surface area contributed by atoms with Crippen LogP contribution in [-0.2, 0) is 11.3 Å². The van der Waals surface area contributed by atoms with E-state index in [0.717, 1.165) is 33.8 Å². The third kappa shape index (κ3) is 5.40. The van der Waals surface area contributed by atoms with E-state index in [-0.39, 0.29) is 23.0 Å². The number of benzene rings is 3. The van der Waals surface area contributed by atoms with Gasteiger partial charge in [-0.05, 0) is 67.4 Å². The maximum atomic E-state index is 13.3. The molecule has 5 rings (SSSR count). The first-order valence-electron chi connectivity index (χ1n) is 12.2. The number of carbonyl (C=O) groups is 2. The zero-order valence-corrected chi connectivity index (χ0v) is 21.9. The van der Waals surface area contributed by atoms with Crippen LogP contribution in [0.4, 0.5) is 4.39 Å². The van der Waals surface area contributed by atoms with Gasteiger partial charge in [0.2, 0.25) is 5.91 Å². The SMILES string of the molecule is Cc1cc(/C=N\NC(=O)c2ccc([C@@H]3SCC(=O)N3Cc3ccccc3)cc2)c(C)n1-c1ccc(F)cc1. The zero-order valence-electron chi connectivity index (χ0n) is 21.1. The van der Waals surface area contributed by atoms with E-state index in [1.807, 2.05) is 71.8 Å². The lowest BCUT2D eigenvalue weighted by molar-refractivity contribution is -0.128. The summed E-state index contributed by atoms with van der Waals surface area (Å²) in [6, 6.07) is 25.5. The molecule has 2 heterocycles. The summed E-state index contributed by atoms with van der Waals surface area (Å²) in [6.07, 6.45) is 1.61. The molecule has 1 saturated heterocycles. The summed E-state index contributed by atoms with van der Waals surface area (Å²) in [5.74, 6) is -0.0556. The molecule has 1 atom stereocenters. The van der Waals surface area contributed by atoms with E-state index < -0.39 is 0 Å². The van der Waals surface area contributed by atoms with Gasteiger partial charge in [-0.2, -0.15) is 5.10 Å². The second-order valence-corrected chi connectivity index (χ2v) is 10.2. The van der Waals surface area contributed by atoms with Crippen molar-refractivity contribution in [3.05, 3.63) is 124 Å². The minimum absolute atomic E-state index is 0.0887. The van der Waals surface area contributed by atoms with Gasteiger partial charge in [-0.25, -0.2) is 9.82 Å². The van der Waals surface area contributed by atoms with Crippen LogP contribution in [-0.4, -0.2) is 33.2 Å². The van der Waals surface area contributed by atoms with E-state index in [0.29, 0.717) is 17.9 Å². The van der Waals surface area contributed by atoms with Gasteiger partial charge in [-0.1, -0.05) is 42.5 Å². The summed E-state index contributed by atoms with van der Waals surface area (Å²) in [6.45, 7) is 4.46. The van der Waals surface area contributed by atoms with Gasteiger partial charge in [0.15, 0.2) is 0 Å². The Balaban J connectivity index is 1.24. The third-order valence-electron chi connectivity index (χ3n) is 6.55. The predicted molar refractivity (Wildman–Crippen MR) is 149 cm³/mol. The van der Waals surface area contributed by atoms with E-state index in [1.165, 1.54) is 12.1 Å². The molecule has 1 aliphatic rings.